The molecule has 0 bridgehead atoms. The summed E-state index contributed by atoms with van der Waals surface area (Å²) in [6, 6.07) is 0.550. The highest BCUT2D eigenvalue weighted by molar-refractivity contribution is 4.97. The molecule has 0 aromatic rings. The van der Waals surface area contributed by atoms with E-state index in [1.54, 1.807) is 0 Å². The Bertz CT molecular complexity index is 225. The van der Waals surface area contributed by atoms with E-state index in [4.69, 9.17) is 10.5 Å². The average Bonchev–Trinajstić information content (AvgIpc) is 2.62. The normalized spacial score (nSPS) is 43.4. The summed E-state index contributed by atoms with van der Waals surface area (Å²) < 4.78 is 5.52. The highest BCUT2D eigenvalue weighted by Crippen LogP contribution is 2.31. The van der Waals surface area contributed by atoms with E-state index in [-0.39, 0.29) is 12.1 Å². The van der Waals surface area contributed by atoms with Gasteiger partial charge in [-0.2, -0.15) is 0 Å². The quantitative estimate of drug-likeness (QED) is 0.676. The number of aliphatic hydroxyl groups is 1. The van der Waals surface area contributed by atoms with Gasteiger partial charge in [0.25, 0.3) is 0 Å². The van der Waals surface area contributed by atoms with Gasteiger partial charge >= 0.3 is 0 Å². The van der Waals surface area contributed by atoms with Crippen LogP contribution in [-0.4, -0.2) is 54.0 Å². The van der Waals surface area contributed by atoms with Crippen molar-refractivity contribution in [2.75, 3.05) is 26.3 Å². The lowest BCUT2D eigenvalue weighted by atomic mass is 10.0. The number of rotatable bonds is 2. The Morgan fingerprint density at radius 1 is 1.60 bits per heavy atom. The molecule has 1 aliphatic carbocycles. The van der Waals surface area contributed by atoms with Gasteiger partial charge in [0.05, 0.1) is 19.3 Å². The third-order valence-corrected chi connectivity index (χ3v) is 3.72. The van der Waals surface area contributed by atoms with Gasteiger partial charge in [0.2, 0.25) is 0 Å². The van der Waals surface area contributed by atoms with E-state index in [2.05, 4.69) is 11.8 Å². The molecule has 2 aliphatic rings. The standard InChI is InChI=1S/C11H22N2O2/c1-9-7-13(4-5-15-9)10-2-3-11(12,6-10)8-14/h9-10,14H,2-8,12H2,1H3. The van der Waals surface area contributed by atoms with Crippen molar-refractivity contribution in [1.82, 2.24) is 4.90 Å². The van der Waals surface area contributed by atoms with E-state index in [1.165, 1.54) is 0 Å². The number of nitrogens with two attached hydrogens (primary N) is 1. The van der Waals surface area contributed by atoms with Gasteiger partial charge in [0, 0.05) is 24.7 Å². The Labute approximate surface area is 91.4 Å². The number of hydrogen-bond donors (Lipinski definition) is 2. The first-order valence-corrected chi connectivity index (χ1v) is 5.88. The second kappa shape index (κ2) is 4.37. The molecule has 88 valence electrons. The van der Waals surface area contributed by atoms with Crippen LogP contribution in [0.15, 0.2) is 0 Å². The van der Waals surface area contributed by atoms with E-state index < -0.39 is 0 Å². The maximum atomic E-state index is 9.23. The topological polar surface area (TPSA) is 58.7 Å². The molecular weight excluding hydrogens is 192 g/mol. The van der Waals surface area contributed by atoms with Crippen molar-refractivity contribution in [3.05, 3.63) is 0 Å². The van der Waals surface area contributed by atoms with Gasteiger partial charge in [0.1, 0.15) is 0 Å². The van der Waals surface area contributed by atoms with Gasteiger partial charge in [-0.25, -0.2) is 0 Å². The van der Waals surface area contributed by atoms with Gasteiger partial charge in [-0.1, -0.05) is 0 Å². The van der Waals surface area contributed by atoms with E-state index in [1.807, 2.05) is 0 Å². The number of aliphatic hydroxyl groups excluding tert-OH is 1. The predicted octanol–water partition coefficient (Wildman–Crippen LogP) is -0.0506. The monoisotopic (exact) mass is 214 g/mol. The van der Waals surface area contributed by atoms with Crippen LogP contribution in [0.2, 0.25) is 0 Å². The Kier molecular flexibility index (Phi) is 3.30. The first-order valence-electron chi connectivity index (χ1n) is 5.88. The lowest BCUT2D eigenvalue weighted by Crippen LogP contribution is -2.48. The molecule has 4 heteroatoms. The second-order valence-corrected chi connectivity index (χ2v) is 5.09. The van der Waals surface area contributed by atoms with Gasteiger partial charge in [-0.05, 0) is 26.2 Å². The number of morpholine rings is 1. The lowest BCUT2D eigenvalue weighted by molar-refractivity contribution is -0.0341. The molecule has 3 atom stereocenters. The Hall–Kier alpha value is -0.160. The van der Waals surface area contributed by atoms with E-state index in [9.17, 15) is 5.11 Å². The minimum absolute atomic E-state index is 0.114. The summed E-state index contributed by atoms with van der Waals surface area (Å²) in [5.41, 5.74) is 5.75. The molecule has 15 heavy (non-hydrogen) atoms. The average molecular weight is 214 g/mol. The summed E-state index contributed by atoms with van der Waals surface area (Å²) in [6.07, 6.45) is 3.32. The van der Waals surface area contributed by atoms with Crippen LogP contribution in [0.25, 0.3) is 0 Å². The fourth-order valence-corrected chi connectivity index (χ4v) is 2.76. The number of ether oxygens (including phenoxy) is 1. The molecule has 0 amide bonds. The molecule has 3 N–H and O–H groups in total. The summed E-state index contributed by atoms with van der Waals surface area (Å²) in [5, 5.41) is 9.23. The maximum Gasteiger partial charge on any atom is 0.0674 e. The SMILES string of the molecule is CC1CN(C2CCC(N)(CO)C2)CCO1. The van der Waals surface area contributed by atoms with E-state index in [0.717, 1.165) is 39.0 Å². The molecule has 0 radical (unpaired) electrons. The van der Waals surface area contributed by atoms with Crippen LogP contribution in [0.1, 0.15) is 26.2 Å². The Morgan fingerprint density at radius 2 is 2.40 bits per heavy atom. The van der Waals surface area contributed by atoms with Crippen LogP contribution in [0.4, 0.5) is 0 Å². The molecule has 1 saturated carbocycles. The zero-order valence-corrected chi connectivity index (χ0v) is 9.48. The zero-order valence-electron chi connectivity index (χ0n) is 9.48. The maximum absolute atomic E-state index is 9.23. The Morgan fingerprint density at radius 3 is 3.00 bits per heavy atom. The molecule has 4 nitrogen and oxygen atoms in total. The zero-order chi connectivity index (χ0) is 10.9. The minimum atomic E-state index is -0.327. The van der Waals surface area contributed by atoms with Gasteiger partial charge in [-0.3, -0.25) is 4.90 Å². The lowest BCUT2D eigenvalue weighted by Gasteiger charge is -2.36. The molecule has 1 aliphatic heterocycles. The summed E-state index contributed by atoms with van der Waals surface area (Å²) in [4.78, 5) is 2.47. The van der Waals surface area contributed by atoms with Crippen LogP contribution in [0.3, 0.4) is 0 Å². The molecule has 2 rings (SSSR count). The van der Waals surface area contributed by atoms with Crippen LogP contribution >= 0.6 is 0 Å². The molecular formula is C11H22N2O2. The molecule has 3 unspecified atom stereocenters. The van der Waals surface area contributed by atoms with Crippen LogP contribution in [0.5, 0.6) is 0 Å². The van der Waals surface area contributed by atoms with Gasteiger partial charge in [0.15, 0.2) is 0 Å². The van der Waals surface area contributed by atoms with E-state index >= 15 is 0 Å². The first kappa shape index (κ1) is 11.3. The smallest absolute Gasteiger partial charge is 0.0674 e. The van der Waals surface area contributed by atoms with Gasteiger partial charge < -0.3 is 15.6 Å². The van der Waals surface area contributed by atoms with Crippen molar-refractivity contribution < 1.29 is 9.84 Å². The molecule has 1 saturated heterocycles. The Balaban J connectivity index is 1.90. The predicted molar refractivity (Wildman–Crippen MR) is 58.6 cm³/mol. The van der Waals surface area contributed by atoms with E-state index in [0.29, 0.717) is 12.1 Å². The number of hydrogen-bond acceptors (Lipinski definition) is 4. The van der Waals surface area contributed by atoms with Crippen LogP contribution in [-0.2, 0) is 4.74 Å². The van der Waals surface area contributed by atoms with Crippen molar-refractivity contribution in [3.8, 4) is 0 Å². The fourth-order valence-electron chi connectivity index (χ4n) is 2.76. The molecule has 0 aromatic carbocycles. The van der Waals surface area contributed by atoms with Crippen molar-refractivity contribution in [1.29, 1.82) is 0 Å². The highest BCUT2D eigenvalue weighted by atomic mass is 16.5. The van der Waals surface area contributed by atoms with Crippen LogP contribution < -0.4 is 5.73 Å². The molecule has 0 aromatic heterocycles. The van der Waals surface area contributed by atoms with Crippen molar-refractivity contribution >= 4 is 0 Å². The molecule has 1 heterocycles. The third-order valence-electron chi connectivity index (χ3n) is 3.72. The minimum Gasteiger partial charge on any atom is -0.394 e. The molecule has 0 spiro atoms. The summed E-state index contributed by atoms with van der Waals surface area (Å²) >= 11 is 0. The first-order chi connectivity index (χ1) is 7.13. The number of nitrogens with zero attached hydrogens (tertiary/aromatic N) is 1. The van der Waals surface area contributed by atoms with Gasteiger partial charge in [-0.15, -0.1) is 0 Å². The summed E-state index contributed by atoms with van der Waals surface area (Å²) in [5.74, 6) is 0. The van der Waals surface area contributed by atoms with Crippen molar-refractivity contribution in [3.63, 3.8) is 0 Å². The largest absolute Gasteiger partial charge is 0.394 e. The highest BCUT2D eigenvalue weighted by Gasteiger charge is 2.38. The van der Waals surface area contributed by atoms with Crippen molar-refractivity contribution in [2.24, 2.45) is 5.73 Å². The summed E-state index contributed by atoms with van der Waals surface area (Å²) in [7, 11) is 0. The second-order valence-electron chi connectivity index (χ2n) is 5.09. The fraction of sp³-hybridized carbons (Fsp3) is 1.00. The molecule has 2 fully saturated rings. The summed E-state index contributed by atoms with van der Waals surface area (Å²) in [6.45, 7) is 5.07. The van der Waals surface area contributed by atoms with Crippen molar-refractivity contribution in [2.45, 2.75) is 43.9 Å². The van der Waals surface area contributed by atoms with Crippen LogP contribution in [0, 0.1) is 0 Å². The third kappa shape index (κ3) is 2.50.